The first-order valence-electron chi connectivity index (χ1n) is 14.3. The molecule has 2 fully saturated rings. The van der Waals surface area contributed by atoms with Crippen LogP contribution >= 0.6 is 11.6 Å². The van der Waals surface area contributed by atoms with Gasteiger partial charge in [-0.05, 0) is 104 Å². The summed E-state index contributed by atoms with van der Waals surface area (Å²) in [4.78, 5) is 30.9. The Bertz CT molecular complexity index is 1260. The van der Waals surface area contributed by atoms with E-state index < -0.39 is 23.7 Å². The van der Waals surface area contributed by atoms with Crippen LogP contribution in [0.5, 0.6) is 0 Å². The molecular weight excluding hydrogens is 539 g/mol. The second-order valence-electron chi connectivity index (χ2n) is 12.2. The zero-order chi connectivity index (χ0) is 28.7. The molecule has 2 aliphatic heterocycles. The summed E-state index contributed by atoms with van der Waals surface area (Å²) in [6.45, 7) is 9.42. The van der Waals surface area contributed by atoms with E-state index in [1.54, 1.807) is 0 Å². The van der Waals surface area contributed by atoms with Gasteiger partial charge in [0, 0.05) is 25.2 Å². The zero-order valence-corrected chi connectivity index (χ0v) is 23.9. The monoisotopic (exact) mass is 575 g/mol. The minimum Gasteiger partial charge on any atom is -0.345 e. The highest BCUT2D eigenvalue weighted by Gasteiger charge is 2.39. The van der Waals surface area contributed by atoms with Gasteiger partial charge in [0.05, 0.1) is 22.2 Å². The smallest absolute Gasteiger partial charge is 0.345 e. The Morgan fingerprint density at radius 1 is 1.02 bits per heavy atom. The summed E-state index contributed by atoms with van der Waals surface area (Å²) in [6.07, 6.45) is 1.18. The minimum atomic E-state index is -4.58. The molecule has 1 atom stereocenters. The summed E-state index contributed by atoms with van der Waals surface area (Å²) in [6, 6.07) is 7.96. The molecule has 9 heteroatoms. The first kappa shape index (κ1) is 28.9. The van der Waals surface area contributed by atoms with Crippen molar-refractivity contribution in [2.24, 2.45) is 11.3 Å². The average molecular weight is 576 g/mol. The van der Waals surface area contributed by atoms with Gasteiger partial charge in [0.2, 0.25) is 0 Å². The third kappa shape index (κ3) is 6.18. The molecule has 40 heavy (non-hydrogen) atoms. The number of benzene rings is 2. The zero-order valence-electron chi connectivity index (χ0n) is 23.1. The molecule has 2 saturated heterocycles. The summed E-state index contributed by atoms with van der Waals surface area (Å²) in [7, 11) is 0. The molecule has 5 rings (SSSR count). The minimum absolute atomic E-state index is 0.00667. The van der Waals surface area contributed by atoms with E-state index in [1.807, 2.05) is 23.1 Å². The number of fused-ring (bicyclic) bond motifs is 1. The fourth-order valence-corrected chi connectivity index (χ4v) is 6.79. The summed E-state index contributed by atoms with van der Waals surface area (Å²) in [5, 5.41) is 2.81. The van der Waals surface area contributed by atoms with E-state index in [4.69, 9.17) is 11.6 Å². The number of alkyl halides is 3. The van der Waals surface area contributed by atoms with Crippen molar-refractivity contribution < 1.29 is 22.8 Å². The van der Waals surface area contributed by atoms with Crippen LogP contribution in [0, 0.1) is 11.3 Å². The van der Waals surface area contributed by atoms with Gasteiger partial charge in [0.1, 0.15) is 0 Å². The van der Waals surface area contributed by atoms with Gasteiger partial charge in [-0.2, -0.15) is 13.2 Å². The SMILES string of the molecule is CC(C)CN1CCC2(CC1)CCN(C(=O)c1ccc3c(c1)C(NC(=O)c1cc(C(F)(F)F)ccc1Cl)CC3)CC2. The molecule has 0 bridgehead atoms. The van der Waals surface area contributed by atoms with Crippen LogP contribution in [0.25, 0.3) is 0 Å². The van der Waals surface area contributed by atoms with Gasteiger partial charge in [0.25, 0.3) is 11.8 Å². The number of carbonyl (C=O) groups excluding carboxylic acids is 2. The predicted octanol–water partition coefficient (Wildman–Crippen LogP) is 6.75. The van der Waals surface area contributed by atoms with Crippen LogP contribution in [0.3, 0.4) is 0 Å². The van der Waals surface area contributed by atoms with Crippen molar-refractivity contribution >= 4 is 23.4 Å². The van der Waals surface area contributed by atoms with Crippen molar-refractivity contribution in [3.63, 3.8) is 0 Å². The number of halogens is 4. The van der Waals surface area contributed by atoms with Crippen LogP contribution in [-0.2, 0) is 12.6 Å². The Labute approximate surface area is 239 Å². The Kier molecular flexibility index (Phi) is 8.22. The third-order valence-corrected chi connectivity index (χ3v) is 9.30. The van der Waals surface area contributed by atoms with E-state index in [2.05, 4.69) is 24.1 Å². The first-order valence-corrected chi connectivity index (χ1v) is 14.6. The van der Waals surface area contributed by atoms with Gasteiger partial charge in [-0.1, -0.05) is 31.5 Å². The number of likely N-dealkylation sites (tertiary alicyclic amines) is 2. The lowest BCUT2D eigenvalue weighted by molar-refractivity contribution is -0.137. The Morgan fingerprint density at radius 3 is 2.35 bits per heavy atom. The molecule has 2 heterocycles. The molecule has 0 aromatic heterocycles. The molecule has 1 aliphatic carbocycles. The lowest BCUT2D eigenvalue weighted by Gasteiger charge is -2.47. The summed E-state index contributed by atoms with van der Waals surface area (Å²) in [5.74, 6) is 0.00591. The molecule has 5 nitrogen and oxygen atoms in total. The summed E-state index contributed by atoms with van der Waals surface area (Å²) in [5.41, 5.74) is 1.65. The molecule has 0 radical (unpaired) electrons. The maximum atomic E-state index is 13.5. The number of nitrogens with zero attached hydrogens (tertiary/aromatic N) is 2. The second-order valence-corrected chi connectivity index (χ2v) is 12.6. The van der Waals surface area contributed by atoms with E-state index in [-0.39, 0.29) is 16.5 Å². The fourth-order valence-electron chi connectivity index (χ4n) is 6.59. The molecule has 2 aromatic rings. The summed E-state index contributed by atoms with van der Waals surface area (Å²) < 4.78 is 39.6. The highest BCUT2D eigenvalue weighted by Crippen LogP contribution is 2.42. The Hall–Kier alpha value is -2.58. The van der Waals surface area contributed by atoms with Gasteiger partial charge in [-0.25, -0.2) is 0 Å². The van der Waals surface area contributed by atoms with E-state index in [0.717, 1.165) is 74.9 Å². The number of aryl methyl sites for hydroxylation is 1. The number of rotatable bonds is 5. The van der Waals surface area contributed by atoms with E-state index in [9.17, 15) is 22.8 Å². The molecule has 1 spiro atoms. The number of hydrogen-bond donors (Lipinski definition) is 1. The van der Waals surface area contributed by atoms with Crippen LogP contribution in [0.1, 0.15) is 89.4 Å². The van der Waals surface area contributed by atoms with Crippen LogP contribution in [0.15, 0.2) is 36.4 Å². The van der Waals surface area contributed by atoms with Crippen molar-refractivity contribution in [2.45, 2.75) is 64.6 Å². The lowest BCUT2D eigenvalue weighted by atomic mass is 9.71. The number of amides is 2. The summed E-state index contributed by atoms with van der Waals surface area (Å²) >= 11 is 6.08. The molecular formula is C31H37ClF3N3O2. The molecule has 3 aliphatic rings. The normalized spacial score (nSPS) is 21.1. The standard InChI is InChI=1S/C31H37ClF3N3O2/c1-20(2)19-37-13-9-30(10-14-37)11-15-38(16-12-30)29(40)22-4-3-21-5-8-27(24(21)17-22)36-28(39)25-18-23(31(33,34)35)6-7-26(25)32/h3-4,6-7,17-18,20,27H,5,8-16,19H2,1-2H3,(H,36,39). The fraction of sp³-hybridized carbons (Fsp3) is 0.548. The quantitative estimate of drug-likeness (QED) is 0.429. The molecule has 1 unspecified atom stereocenters. The maximum Gasteiger partial charge on any atom is 0.416 e. The molecule has 2 amide bonds. The largest absolute Gasteiger partial charge is 0.416 e. The van der Waals surface area contributed by atoms with Gasteiger partial charge in [-0.15, -0.1) is 0 Å². The first-order chi connectivity index (χ1) is 18.9. The maximum absolute atomic E-state index is 13.5. The molecule has 0 saturated carbocycles. The Morgan fingerprint density at radius 2 is 1.70 bits per heavy atom. The highest BCUT2D eigenvalue weighted by atomic mass is 35.5. The van der Waals surface area contributed by atoms with Crippen molar-refractivity contribution in [1.82, 2.24) is 15.1 Å². The van der Waals surface area contributed by atoms with Crippen LogP contribution in [0.4, 0.5) is 13.2 Å². The molecule has 1 N–H and O–H groups in total. The highest BCUT2D eigenvalue weighted by molar-refractivity contribution is 6.33. The van der Waals surface area contributed by atoms with Crippen molar-refractivity contribution in [2.75, 3.05) is 32.7 Å². The number of nitrogens with one attached hydrogen (secondary N) is 1. The lowest BCUT2D eigenvalue weighted by Crippen LogP contribution is -2.48. The molecule has 2 aromatic carbocycles. The van der Waals surface area contributed by atoms with E-state index in [1.165, 1.54) is 12.8 Å². The third-order valence-electron chi connectivity index (χ3n) is 8.97. The van der Waals surface area contributed by atoms with Gasteiger partial charge in [0.15, 0.2) is 0 Å². The van der Waals surface area contributed by atoms with Crippen LogP contribution < -0.4 is 5.32 Å². The number of hydrogen-bond acceptors (Lipinski definition) is 3. The van der Waals surface area contributed by atoms with Crippen molar-refractivity contribution in [1.29, 1.82) is 0 Å². The topological polar surface area (TPSA) is 52.6 Å². The molecule has 216 valence electrons. The van der Waals surface area contributed by atoms with Gasteiger partial charge < -0.3 is 15.1 Å². The average Bonchev–Trinajstić information content (AvgIpc) is 3.31. The van der Waals surface area contributed by atoms with Crippen LogP contribution in [-0.4, -0.2) is 54.3 Å². The Balaban J connectivity index is 1.23. The van der Waals surface area contributed by atoms with Gasteiger partial charge in [-0.3, -0.25) is 9.59 Å². The second kappa shape index (κ2) is 11.4. The predicted molar refractivity (Wildman–Crippen MR) is 150 cm³/mol. The van der Waals surface area contributed by atoms with Crippen molar-refractivity contribution in [3.05, 3.63) is 69.2 Å². The van der Waals surface area contributed by atoms with Crippen molar-refractivity contribution in [3.8, 4) is 0 Å². The van der Waals surface area contributed by atoms with Crippen LogP contribution in [0.2, 0.25) is 5.02 Å². The van der Waals surface area contributed by atoms with Gasteiger partial charge >= 0.3 is 6.18 Å². The number of piperidine rings is 2. The number of carbonyl (C=O) groups is 2. The van der Waals surface area contributed by atoms with E-state index >= 15 is 0 Å². The van der Waals surface area contributed by atoms with E-state index in [0.29, 0.717) is 29.7 Å².